The number of halogens is 2. The van der Waals surface area contributed by atoms with Gasteiger partial charge in [0.15, 0.2) is 0 Å². The van der Waals surface area contributed by atoms with E-state index in [1.807, 2.05) is 0 Å². The predicted octanol–water partition coefficient (Wildman–Crippen LogP) is 1.50. The molecule has 2 amide bonds. The highest BCUT2D eigenvalue weighted by molar-refractivity contribution is 9.10. The third-order valence-electron chi connectivity index (χ3n) is 3.72. The molecule has 21 heavy (non-hydrogen) atoms. The lowest BCUT2D eigenvalue weighted by Gasteiger charge is -2.35. The molecule has 1 aromatic carbocycles. The minimum atomic E-state index is -3.58. The molecular weight excluding hydrogens is 382 g/mol. The van der Waals surface area contributed by atoms with Gasteiger partial charge in [0.05, 0.1) is 16.0 Å². The molecule has 1 atom stereocenters. The van der Waals surface area contributed by atoms with E-state index in [1.165, 1.54) is 16.4 Å². The highest BCUT2D eigenvalue weighted by Crippen LogP contribution is 2.28. The molecule has 0 aliphatic carbocycles. The Morgan fingerprint density at radius 2 is 2.10 bits per heavy atom. The van der Waals surface area contributed by atoms with E-state index in [4.69, 9.17) is 11.6 Å². The number of nitrogens with zero attached hydrogens (tertiary/aromatic N) is 2. The smallest absolute Gasteiger partial charge is 0.317 e. The highest BCUT2D eigenvalue weighted by atomic mass is 79.9. The molecule has 0 spiro atoms. The quantitative estimate of drug-likeness (QED) is 0.826. The van der Waals surface area contributed by atoms with Gasteiger partial charge in [-0.25, -0.2) is 13.2 Å². The number of hydrogen-bond donors (Lipinski definition) is 1. The van der Waals surface area contributed by atoms with E-state index in [2.05, 4.69) is 21.2 Å². The van der Waals surface area contributed by atoms with Crippen molar-refractivity contribution in [2.75, 3.05) is 26.2 Å². The number of piperazine rings is 1. The molecule has 0 bridgehead atoms. The van der Waals surface area contributed by atoms with Crippen LogP contribution in [0.15, 0.2) is 27.6 Å². The van der Waals surface area contributed by atoms with E-state index in [9.17, 15) is 13.2 Å². The van der Waals surface area contributed by atoms with Gasteiger partial charge in [0, 0.05) is 30.7 Å². The number of rotatable bonds is 2. The number of urea groups is 1. The molecule has 0 saturated carbocycles. The fourth-order valence-electron chi connectivity index (χ4n) is 2.58. The molecule has 1 aromatic rings. The molecule has 2 aliphatic heterocycles. The summed E-state index contributed by atoms with van der Waals surface area (Å²) < 4.78 is 27.3. The fraction of sp³-hybridized carbons (Fsp3) is 0.417. The third-order valence-corrected chi connectivity index (χ3v) is 6.80. The Bertz CT molecular complexity index is 697. The number of nitrogens with one attached hydrogen (secondary N) is 1. The normalized spacial score (nSPS) is 23.0. The minimum Gasteiger partial charge on any atom is -0.336 e. The Kier molecular flexibility index (Phi) is 3.89. The lowest BCUT2D eigenvalue weighted by atomic mass is 10.2. The largest absolute Gasteiger partial charge is 0.336 e. The molecular formula is C12H13BrClN3O3S. The summed E-state index contributed by atoms with van der Waals surface area (Å²) in [4.78, 5) is 13.4. The van der Waals surface area contributed by atoms with Gasteiger partial charge >= 0.3 is 6.03 Å². The van der Waals surface area contributed by atoms with Crippen LogP contribution in [0.1, 0.15) is 0 Å². The number of benzene rings is 1. The van der Waals surface area contributed by atoms with Crippen molar-refractivity contribution in [3.05, 3.63) is 27.7 Å². The van der Waals surface area contributed by atoms with E-state index in [1.54, 1.807) is 11.0 Å². The summed E-state index contributed by atoms with van der Waals surface area (Å²) in [6.45, 7) is 1.49. The molecule has 6 nitrogen and oxygen atoms in total. The van der Waals surface area contributed by atoms with E-state index in [-0.39, 0.29) is 17.0 Å². The van der Waals surface area contributed by atoms with Gasteiger partial charge in [-0.15, -0.1) is 0 Å². The summed E-state index contributed by atoms with van der Waals surface area (Å²) in [7, 11) is -3.58. The topological polar surface area (TPSA) is 69.7 Å². The van der Waals surface area contributed by atoms with Crippen molar-refractivity contribution in [1.29, 1.82) is 0 Å². The minimum absolute atomic E-state index is 0.100. The molecule has 2 heterocycles. The van der Waals surface area contributed by atoms with Gasteiger partial charge < -0.3 is 10.2 Å². The average Bonchev–Trinajstić information content (AvgIpc) is 2.83. The first-order chi connectivity index (χ1) is 9.89. The molecule has 1 N–H and O–H groups in total. The van der Waals surface area contributed by atoms with Crippen LogP contribution in [0.4, 0.5) is 4.79 Å². The van der Waals surface area contributed by atoms with Gasteiger partial charge in [0.2, 0.25) is 10.0 Å². The number of hydrogen-bond acceptors (Lipinski definition) is 3. The predicted molar refractivity (Wildman–Crippen MR) is 81.8 cm³/mol. The zero-order valence-electron chi connectivity index (χ0n) is 10.9. The summed E-state index contributed by atoms with van der Waals surface area (Å²) in [5.41, 5.74) is 0. The molecule has 2 saturated heterocycles. The van der Waals surface area contributed by atoms with Crippen molar-refractivity contribution in [3.8, 4) is 0 Å². The first kappa shape index (κ1) is 15.1. The number of carbonyl (C=O) groups excluding carboxylic acids is 1. The van der Waals surface area contributed by atoms with Crippen LogP contribution in [0.25, 0.3) is 0 Å². The number of carbonyl (C=O) groups is 1. The zero-order chi connectivity index (χ0) is 15.2. The van der Waals surface area contributed by atoms with Crippen LogP contribution >= 0.6 is 27.5 Å². The van der Waals surface area contributed by atoms with Gasteiger partial charge in [0.1, 0.15) is 0 Å². The van der Waals surface area contributed by atoms with Gasteiger partial charge in [-0.2, -0.15) is 4.31 Å². The van der Waals surface area contributed by atoms with Crippen molar-refractivity contribution in [3.63, 3.8) is 0 Å². The summed E-state index contributed by atoms with van der Waals surface area (Å²) in [5.74, 6) is 0. The Balaban J connectivity index is 1.85. The summed E-state index contributed by atoms with van der Waals surface area (Å²) >= 11 is 9.14. The molecule has 1 unspecified atom stereocenters. The number of fused-ring (bicyclic) bond motifs is 1. The monoisotopic (exact) mass is 393 g/mol. The molecule has 9 heteroatoms. The molecule has 2 aliphatic rings. The number of amides is 2. The first-order valence-corrected chi connectivity index (χ1v) is 9.00. The van der Waals surface area contributed by atoms with Crippen LogP contribution in [0.2, 0.25) is 5.02 Å². The van der Waals surface area contributed by atoms with Crippen LogP contribution < -0.4 is 5.32 Å². The molecule has 2 fully saturated rings. The summed E-state index contributed by atoms with van der Waals surface area (Å²) in [5, 5.41) is 3.19. The zero-order valence-corrected chi connectivity index (χ0v) is 14.1. The second-order valence-electron chi connectivity index (χ2n) is 4.97. The Morgan fingerprint density at radius 1 is 1.33 bits per heavy atom. The van der Waals surface area contributed by atoms with Gasteiger partial charge in [0.25, 0.3) is 0 Å². The summed E-state index contributed by atoms with van der Waals surface area (Å²) in [6, 6.07) is 4.33. The third kappa shape index (κ3) is 2.65. The average molecular weight is 395 g/mol. The second-order valence-corrected chi connectivity index (χ2v) is 8.17. The molecule has 114 valence electrons. The second kappa shape index (κ2) is 5.42. The van der Waals surface area contributed by atoms with Crippen LogP contribution in [0.3, 0.4) is 0 Å². The maximum atomic E-state index is 12.7. The highest BCUT2D eigenvalue weighted by Gasteiger charge is 2.39. The Labute approximate surface area is 136 Å². The van der Waals surface area contributed by atoms with Crippen molar-refractivity contribution in [1.82, 2.24) is 14.5 Å². The van der Waals surface area contributed by atoms with Crippen molar-refractivity contribution >= 4 is 43.6 Å². The Hall–Kier alpha value is -0.830. The number of sulfonamides is 1. The maximum absolute atomic E-state index is 12.7. The van der Waals surface area contributed by atoms with Crippen LogP contribution in [0, 0.1) is 0 Å². The van der Waals surface area contributed by atoms with Gasteiger partial charge in [-0.3, -0.25) is 0 Å². The first-order valence-electron chi connectivity index (χ1n) is 6.39. The van der Waals surface area contributed by atoms with E-state index in [0.29, 0.717) is 35.7 Å². The van der Waals surface area contributed by atoms with E-state index < -0.39 is 10.0 Å². The van der Waals surface area contributed by atoms with Gasteiger partial charge in [-0.05, 0) is 34.1 Å². The molecule has 0 radical (unpaired) electrons. The fourth-order valence-corrected chi connectivity index (χ4v) is 4.72. The van der Waals surface area contributed by atoms with Crippen molar-refractivity contribution < 1.29 is 13.2 Å². The van der Waals surface area contributed by atoms with Crippen LogP contribution in [-0.4, -0.2) is 55.9 Å². The van der Waals surface area contributed by atoms with E-state index >= 15 is 0 Å². The maximum Gasteiger partial charge on any atom is 0.317 e. The Morgan fingerprint density at radius 3 is 2.81 bits per heavy atom. The van der Waals surface area contributed by atoms with E-state index in [0.717, 1.165) is 0 Å². The lowest BCUT2D eigenvalue weighted by Crippen LogP contribution is -2.53. The van der Waals surface area contributed by atoms with Crippen molar-refractivity contribution in [2.24, 2.45) is 0 Å². The van der Waals surface area contributed by atoms with Crippen LogP contribution in [-0.2, 0) is 10.0 Å². The molecule has 0 aromatic heterocycles. The van der Waals surface area contributed by atoms with Crippen LogP contribution in [0.5, 0.6) is 0 Å². The standard InChI is InChI=1S/C12H13BrClN3O3S/c13-10-5-9(1-2-11(10)14)21(19,20)16-3-4-17-8(7-16)6-15-12(17)18/h1-2,5,8H,3-4,6-7H2,(H,15,18). The summed E-state index contributed by atoms with van der Waals surface area (Å²) in [6.07, 6.45) is 0. The molecule has 3 rings (SSSR count). The van der Waals surface area contributed by atoms with Crippen molar-refractivity contribution in [2.45, 2.75) is 10.9 Å². The van der Waals surface area contributed by atoms with Gasteiger partial charge in [-0.1, -0.05) is 11.6 Å². The SMILES string of the molecule is O=C1NCC2CN(S(=O)(=O)c3ccc(Cl)c(Br)c3)CCN12. The lowest BCUT2D eigenvalue weighted by molar-refractivity contribution is 0.164.